The fourth-order valence-corrected chi connectivity index (χ4v) is 3.74. The molecule has 150 valence electrons. The number of aryl methyl sites for hydroxylation is 1. The zero-order valence-electron chi connectivity index (χ0n) is 16.7. The predicted molar refractivity (Wildman–Crippen MR) is 111 cm³/mol. The Bertz CT molecular complexity index is 1070. The summed E-state index contributed by atoms with van der Waals surface area (Å²) in [6, 6.07) is 8.43. The van der Waals surface area contributed by atoms with Gasteiger partial charge in [0.25, 0.3) is 0 Å². The van der Waals surface area contributed by atoms with Crippen LogP contribution in [0.25, 0.3) is 16.6 Å². The van der Waals surface area contributed by atoms with Crippen molar-refractivity contribution in [1.82, 2.24) is 19.9 Å². The van der Waals surface area contributed by atoms with E-state index in [1.165, 1.54) is 0 Å². The van der Waals surface area contributed by atoms with Gasteiger partial charge in [0.15, 0.2) is 5.82 Å². The minimum Gasteiger partial charge on any atom is -0.485 e. The molecule has 5 rings (SSSR count). The quantitative estimate of drug-likeness (QED) is 0.675. The Labute approximate surface area is 169 Å². The van der Waals surface area contributed by atoms with Crippen molar-refractivity contribution in [3.05, 3.63) is 42.4 Å². The molecule has 1 aliphatic heterocycles. The molecule has 0 spiro atoms. The summed E-state index contributed by atoms with van der Waals surface area (Å²) in [5.74, 6) is 1.61. The van der Waals surface area contributed by atoms with Gasteiger partial charge in [0, 0.05) is 42.0 Å². The van der Waals surface area contributed by atoms with E-state index in [1.54, 1.807) is 4.52 Å². The first-order valence-corrected chi connectivity index (χ1v) is 10.3. The van der Waals surface area contributed by atoms with Gasteiger partial charge in [-0.25, -0.2) is 4.52 Å². The maximum Gasteiger partial charge on any atom is 0.228 e. The van der Waals surface area contributed by atoms with Crippen molar-refractivity contribution in [2.75, 3.05) is 11.9 Å². The summed E-state index contributed by atoms with van der Waals surface area (Å²) in [5, 5.41) is 10.8. The van der Waals surface area contributed by atoms with Crippen LogP contribution in [0.3, 0.4) is 0 Å². The molecular weight excluding hydrogens is 366 g/mol. The molecule has 1 amide bonds. The first-order chi connectivity index (χ1) is 14.1. The number of nitrogens with one attached hydrogen (secondary N) is 2. The first kappa shape index (κ1) is 18.1. The number of fused-ring (bicyclic) bond motifs is 1. The smallest absolute Gasteiger partial charge is 0.228 e. The number of hydrogen-bond acceptors (Lipinski definition) is 5. The Morgan fingerprint density at radius 1 is 1.34 bits per heavy atom. The molecule has 1 aliphatic carbocycles. The number of carbonyl (C=O) groups excluding carboxylic acids is 1. The molecular formula is C22H25N5O2. The van der Waals surface area contributed by atoms with Gasteiger partial charge in [0.1, 0.15) is 11.9 Å². The topological polar surface area (TPSA) is 80.6 Å². The molecule has 0 radical (unpaired) electrons. The van der Waals surface area contributed by atoms with E-state index >= 15 is 0 Å². The minimum atomic E-state index is 0.0636. The van der Waals surface area contributed by atoms with Crippen LogP contribution in [0.15, 0.2) is 36.7 Å². The Balaban J connectivity index is 1.45. The van der Waals surface area contributed by atoms with Gasteiger partial charge in [-0.2, -0.15) is 5.10 Å². The predicted octanol–water partition coefficient (Wildman–Crippen LogP) is 3.18. The summed E-state index contributed by atoms with van der Waals surface area (Å²) in [6.45, 7) is 5.00. The Hall–Kier alpha value is -2.93. The molecule has 2 aliphatic rings. The Kier molecular flexibility index (Phi) is 4.47. The van der Waals surface area contributed by atoms with E-state index in [4.69, 9.17) is 4.74 Å². The van der Waals surface area contributed by atoms with E-state index in [2.05, 4.69) is 39.8 Å². The molecule has 1 saturated carbocycles. The monoisotopic (exact) mass is 391 g/mol. The van der Waals surface area contributed by atoms with Crippen LogP contribution in [0.2, 0.25) is 0 Å². The Morgan fingerprint density at radius 2 is 2.21 bits per heavy atom. The molecule has 3 aromatic heterocycles. The van der Waals surface area contributed by atoms with E-state index in [9.17, 15) is 4.79 Å². The van der Waals surface area contributed by atoms with Crippen molar-refractivity contribution in [2.45, 2.75) is 45.3 Å². The maximum absolute atomic E-state index is 12.0. The number of amides is 1. The van der Waals surface area contributed by atoms with Gasteiger partial charge in [-0.05, 0) is 49.9 Å². The highest BCUT2D eigenvalue weighted by molar-refractivity contribution is 5.93. The van der Waals surface area contributed by atoms with Crippen molar-refractivity contribution in [3.63, 3.8) is 0 Å². The van der Waals surface area contributed by atoms with Crippen LogP contribution in [0.1, 0.15) is 31.9 Å². The fraction of sp³-hybridized carbons (Fsp3) is 0.409. The SMILES string of the molecule is CC[C@@H]1NCC1Oc1cnc(C)cc1-c1ccn2nc(NC(=O)C3CC3)cc2c1. The zero-order chi connectivity index (χ0) is 20.0. The lowest BCUT2D eigenvalue weighted by atomic mass is 10.00. The number of nitrogens with zero attached hydrogens (tertiary/aromatic N) is 3. The number of hydrogen-bond donors (Lipinski definition) is 2. The number of ether oxygens (including phenoxy) is 1. The highest BCUT2D eigenvalue weighted by Gasteiger charge is 2.31. The van der Waals surface area contributed by atoms with Crippen LogP contribution < -0.4 is 15.4 Å². The van der Waals surface area contributed by atoms with E-state index in [-0.39, 0.29) is 17.9 Å². The maximum atomic E-state index is 12.0. The van der Waals surface area contributed by atoms with Crippen LogP contribution in [0, 0.1) is 12.8 Å². The van der Waals surface area contributed by atoms with Crippen molar-refractivity contribution in [3.8, 4) is 16.9 Å². The van der Waals surface area contributed by atoms with Gasteiger partial charge in [-0.15, -0.1) is 0 Å². The van der Waals surface area contributed by atoms with Crippen LogP contribution in [0.4, 0.5) is 5.82 Å². The van der Waals surface area contributed by atoms with Crippen LogP contribution in [0.5, 0.6) is 5.75 Å². The number of anilines is 1. The molecule has 2 fully saturated rings. The largest absolute Gasteiger partial charge is 0.485 e. The van der Waals surface area contributed by atoms with E-state index < -0.39 is 0 Å². The molecule has 3 aromatic rings. The average molecular weight is 391 g/mol. The summed E-state index contributed by atoms with van der Waals surface area (Å²) in [6.07, 6.45) is 6.89. The Morgan fingerprint density at radius 3 is 2.93 bits per heavy atom. The second-order valence-electron chi connectivity index (χ2n) is 7.98. The number of rotatable bonds is 6. The van der Waals surface area contributed by atoms with Gasteiger partial charge in [0.05, 0.1) is 11.7 Å². The summed E-state index contributed by atoms with van der Waals surface area (Å²) in [5.41, 5.74) is 3.92. The molecule has 4 heterocycles. The molecule has 29 heavy (non-hydrogen) atoms. The van der Waals surface area contributed by atoms with E-state index in [0.29, 0.717) is 11.9 Å². The van der Waals surface area contributed by atoms with Crippen LogP contribution >= 0.6 is 0 Å². The normalized spacial score (nSPS) is 21.0. The first-order valence-electron chi connectivity index (χ1n) is 10.3. The summed E-state index contributed by atoms with van der Waals surface area (Å²) >= 11 is 0. The third-order valence-corrected chi connectivity index (χ3v) is 5.73. The molecule has 2 N–H and O–H groups in total. The lowest BCUT2D eigenvalue weighted by Gasteiger charge is -2.37. The molecule has 0 aromatic carbocycles. The van der Waals surface area contributed by atoms with Crippen molar-refractivity contribution >= 4 is 17.2 Å². The van der Waals surface area contributed by atoms with Gasteiger partial charge in [0.2, 0.25) is 5.91 Å². The van der Waals surface area contributed by atoms with Gasteiger partial charge in [-0.3, -0.25) is 9.78 Å². The molecule has 1 saturated heterocycles. The minimum absolute atomic E-state index is 0.0636. The van der Waals surface area contributed by atoms with Gasteiger partial charge >= 0.3 is 0 Å². The molecule has 2 atom stereocenters. The summed E-state index contributed by atoms with van der Waals surface area (Å²) in [4.78, 5) is 16.5. The third-order valence-electron chi connectivity index (χ3n) is 5.73. The fourth-order valence-electron chi connectivity index (χ4n) is 3.74. The van der Waals surface area contributed by atoms with E-state index in [0.717, 1.165) is 53.9 Å². The third kappa shape index (κ3) is 3.58. The van der Waals surface area contributed by atoms with Crippen LogP contribution in [-0.2, 0) is 4.79 Å². The molecule has 7 heteroatoms. The van der Waals surface area contributed by atoms with E-state index in [1.807, 2.05) is 31.5 Å². The van der Waals surface area contributed by atoms with Crippen LogP contribution in [-0.4, -0.2) is 39.2 Å². The van der Waals surface area contributed by atoms with Crippen molar-refractivity contribution in [1.29, 1.82) is 0 Å². The van der Waals surface area contributed by atoms with Gasteiger partial charge < -0.3 is 15.4 Å². The van der Waals surface area contributed by atoms with Gasteiger partial charge in [-0.1, -0.05) is 6.92 Å². The second kappa shape index (κ2) is 7.15. The summed E-state index contributed by atoms with van der Waals surface area (Å²) in [7, 11) is 0. The highest BCUT2D eigenvalue weighted by Crippen LogP contribution is 2.33. The number of pyridine rings is 2. The number of aromatic nitrogens is 3. The second-order valence-corrected chi connectivity index (χ2v) is 7.98. The lowest BCUT2D eigenvalue weighted by Crippen LogP contribution is -2.59. The highest BCUT2D eigenvalue weighted by atomic mass is 16.5. The standard InChI is InChI=1S/C22H25N5O2/c1-3-18-20(12-24-18)29-19-11-23-13(2)8-17(19)15-6-7-27-16(9-15)10-21(26-27)25-22(28)14-4-5-14/h6-11,14,18,20,24H,3-5,12H2,1-2H3,(H,25,26,28)/t18-,20?/m0/s1. The average Bonchev–Trinajstić information content (AvgIpc) is 3.46. The lowest BCUT2D eigenvalue weighted by molar-refractivity contribution is -0.117. The molecule has 1 unspecified atom stereocenters. The number of carbonyl (C=O) groups is 1. The summed E-state index contributed by atoms with van der Waals surface area (Å²) < 4.78 is 8.07. The molecule has 0 bridgehead atoms. The van der Waals surface area contributed by atoms with Crippen molar-refractivity contribution < 1.29 is 9.53 Å². The zero-order valence-corrected chi connectivity index (χ0v) is 16.7. The molecule has 7 nitrogen and oxygen atoms in total. The van der Waals surface area contributed by atoms with Crippen molar-refractivity contribution in [2.24, 2.45) is 5.92 Å².